The van der Waals surface area contributed by atoms with Crippen LogP contribution in [0.1, 0.15) is 36.8 Å². The lowest BCUT2D eigenvalue weighted by atomic mass is 9.83. The Balaban J connectivity index is 1.93. The smallest absolute Gasteiger partial charge is 0.345 e. The van der Waals surface area contributed by atoms with Crippen molar-refractivity contribution in [2.24, 2.45) is 0 Å². The standard InChI is InChI=1S/C31H29N3O10S3/c1-8-44-17-11-9-10-15-18-24(30(2,3)34(20(15)17)25(35)16-14-32-12-13-33-16)45-21(27(37)41-5)19(26(36)40-4)31(18)46-22(28(38)42-6)23(47-31)29(39)43-7/h9-14H,8H2,1-7H3. The number of anilines is 1. The van der Waals surface area contributed by atoms with E-state index in [9.17, 15) is 24.0 Å². The van der Waals surface area contributed by atoms with Gasteiger partial charge in [0.1, 0.15) is 30.2 Å². The van der Waals surface area contributed by atoms with Crippen LogP contribution in [0, 0.1) is 0 Å². The largest absolute Gasteiger partial charge is 0.492 e. The van der Waals surface area contributed by atoms with Crippen molar-refractivity contribution in [2.75, 3.05) is 39.9 Å². The van der Waals surface area contributed by atoms with Gasteiger partial charge in [-0.3, -0.25) is 14.7 Å². The zero-order valence-electron chi connectivity index (χ0n) is 26.3. The van der Waals surface area contributed by atoms with Crippen LogP contribution in [0.15, 0.2) is 62.0 Å². The Bertz CT molecular complexity index is 1770. The fraction of sp³-hybridized carbons (Fsp3) is 0.323. The Morgan fingerprint density at radius 1 is 0.830 bits per heavy atom. The zero-order chi connectivity index (χ0) is 34.3. The molecule has 0 radical (unpaired) electrons. The molecule has 2 aromatic rings. The van der Waals surface area contributed by atoms with Crippen LogP contribution in [-0.4, -0.2) is 84.4 Å². The van der Waals surface area contributed by atoms with Crippen LogP contribution < -0.4 is 9.64 Å². The summed E-state index contributed by atoms with van der Waals surface area (Å²) in [5, 5.41) is 0. The van der Waals surface area contributed by atoms with Gasteiger partial charge in [0.2, 0.25) is 0 Å². The number of rotatable bonds is 7. The number of aromatic nitrogens is 2. The van der Waals surface area contributed by atoms with Crippen molar-refractivity contribution in [3.05, 3.63) is 73.2 Å². The Hall–Kier alpha value is -4.28. The van der Waals surface area contributed by atoms with Crippen molar-refractivity contribution in [1.29, 1.82) is 0 Å². The van der Waals surface area contributed by atoms with E-state index in [0.29, 0.717) is 27.5 Å². The number of para-hydroxylation sites is 1. The van der Waals surface area contributed by atoms with Crippen molar-refractivity contribution in [2.45, 2.75) is 30.4 Å². The summed E-state index contributed by atoms with van der Waals surface area (Å²) in [5.41, 5.74) is -0.214. The number of carbonyl (C=O) groups excluding carboxylic acids is 5. The third-order valence-electron chi connectivity index (χ3n) is 7.41. The maximum atomic E-state index is 14.4. The molecule has 47 heavy (non-hydrogen) atoms. The van der Waals surface area contributed by atoms with E-state index in [-0.39, 0.29) is 32.6 Å². The molecule has 5 rings (SSSR count). The average Bonchev–Trinajstić information content (AvgIpc) is 3.47. The second kappa shape index (κ2) is 13.1. The van der Waals surface area contributed by atoms with Crippen LogP contribution >= 0.6 is 35.3 Å². The number of hydrogen-bond acceptors (Lipinski definition) is 15. The molecule has 3 aliphatic rings. The summed E-state index contributed by atoms with van der Waals surface area (Å²) in [5.74, 6) is -3.67. The Kier molecular flexibility index (Phi) is 9.48. The van der Waals surface area contributed by atoms with Gasteiger partial charge in [0.15, 0.2) is 0 Å². The van der Waals surface area contributed by atoms with E-state index in [0.717, 1.165) is 63.7 Å². The molecular formula is C31H29N3O10S3. The monoisotopic (exact) mass is 699 g/mol. The summed E-state index contributed by atoms with van der Waals surface area (Å²) in [4.78, 5) is 78.0. The lowest BCUT2D eigenvalue weighted by molar-refractivity contribution is -0.138. The number of benzene rings is 1. The van der Waals surface area contributed by atoms with E-state index in [2.05, 4.69) is 9.97 Å². The van der Waals surface area contributed by atoms with Gasteiger partial charge in [-0.1, -0.05) is 47.4 Å². The molecule has 0 aliphatic carbocycles. The van der Waals surface area contributed by atoms with E-state index >= 15 is 0 Å². The molecule has 16 heteroatoms. The van der Waals surface area contributed by atoms with Gasteiger partial charge in [0.05, 0.1) is 58.0 Å². The summed E-state index contributed by atoms with van der Waals surface area (Å²) in [6.07, 6.45) is 4.18. The molecule has 1 spiro atoms. The highest BCUT2D eigenvalue weighted by Gasteiger charge is 2.62. The second-order valence-electron chi connectivity index (χ2n) is 10.3. The summed E-state index contributed by atoms with van der Waals surface area (Å²) in [6, 6.07) is 5.15. The first-order chi connectivity index (χ1) is 22.4. The normalized spacial score (nSPS) is 17.6. The molecule has 0 saturated heterocycles. The number of fused-ring (bicyclic) bond motifs is 3. The Morgan fingerprint density at radius 3 is 1.96 bits per heavy atom. The van der Waals surface area contributed by atoms with E-state index in [4.69, 9.17) is 23.7 Å². The molecule has 3 aliphatic heterocycles. The van der Waals surface area contributed by atoms with Crippen molar-refractivity contribution >= 4 is 76.3 Å². The number of carbonyl (C=O) groups is 5. The molecule has 0 unspecified atom stereocenters. The molecule has 0 bridgehead atoms. The quantitative estimate of drug-likeness (QED) is 0.300. The number of nitrogens with zero attached hydrogens (tertiary/aromatic N) is 3. The van der Waals surface area contributed by atoms with Gasteiger partial charge in [-0.2, -0.15) is 0 Å². The molecule has 0 atom stereocenters. The third kappa shape index (κ3) is 5.37. The van der Waals surface area contributed by atoms with Gasteiger partial charge in [0, 0.05) is 28.4 Å². The first-order valence-corrected chi connectivity index (χ1v) is 16.4. The van der Waals surface area contributed by atoms with Crippen LogP contribution in [0.5, 0.6) is 5.75 Å². The lowest BCUT2D eigenvalue weighted by Gasteiger charge is -2.50. The Morgan fingerprint density at radius 2 is 1.43 bits per heavy atom. The number of esters is 4. The minimum Gasteiger partial charge on any atom is -0.492 e. The first-order valence-electron chi connectivity index (χ1n) is 13.9. The second-order valence-corrected chi connectivity index (χ2v) is 14.1. The highest BCUT2D eigenvalue weighted by atomic mass is 32.2. The highest BCUT2D eigenvalue weighted by molar-refractivity contribution is 8.26. The van der Waals surface area contributed by atoms with E-state index in [1.54, 1.807) is 39.0 Å². The van der Waals surface area contributed by atoms with Gasteiger partial charge in [-0.15, -0.1) is 0 Å². The van der Waals surface area contributed by atoms with Gasteiger partial charge < -0.3 is 23.7 Å². The van der Waals surface area contributed by atoms with E-state index in [1.807, 2.05) is 0 Å². The summed E-state index contributed by atoms with van der Waals surface area (Å²) in [6.45, 7) is 5.57. The van der Waals surface area contributed by atoms with Crippen molar-refractivity contribution < 1.29 is 47.7 Å². The van der Waals surface area contributed by atoms with Crippen molar-refractivity contribution in [1.82, 2.24) is 9.97 Å². The van der Waals surface area contributed by atoms with Gasteiger partial charge in [0.25, 0.3) is 5.91 Å². The maximum absolute atomic E-state index is 14.4. The number of ether oxygens (including phenoxy) is 5. The maximum Gasteiger partial charge on any atom is 0.345 e. The molecule has 4 heterocycles. The van der Waals surface area contributed by atoms with Gasteiger partial charge in [-0.25, -0.2) is 24.2 Å². The Labute approximate surface area is 282 Å². The topological polar surface area (TPSA) is 161 Å². The molecular weight excluding hydrogens is 671 g/mol. The van der Waals surface area contributed by atoms with Crippen LogP contribution in [0.2, 0.25) is 0 Å². The molecule has 0 saturated carbocycles. The van der Waals surface area contributed by atoms with Crippen molar-refractivity contribution in [3.8, 4) is 5.75 Å². The lowest BCUT2D eigenvalue weighted by Crippen LogP contribution is -2.54. The molecule has 246 valence electrons. The van der Waals surface area contributed by atoms with Gasteiger partial charge in [-0.05, 0) is 26.8 Å². The van der Waals surface area contributed by atoms with Crippen LogP contribution in [0.25, 0.3) is 5.57 Å². The molecule has 13 nitrogen and oxygen atoms in total. The van der Waals surface area contributed by atoms with E-state index in [1.165, 1.54) is 23.5 Å². The zero-order valence-corrected chi connectivity index (χ0v) is 28.8. The summed E-state index contributed by atoms with van der Waals surface area (Å²) < 4.78 is 24.8. The van der Waals surface area contributed by atoms with Crippen LogP contribution in [-0.2, 0) is 38.1 Å². The molecule has 1 aromatic carbocycles. The highest BCUT2D eigenvalue weighted by Crippen LogP contribution is 2.71. The molecule has 0 fully saturated rings. The number of thioether (sulfide) groups is 3. The first kappa shape index (κ1) is 34.1. The molecule has 1 aromatic heterocycles. The number of methoxy groups -OCH3 is 4. The average molecular weight is 700 g/mol. The van der Waals surface area contributed by atoms with E-state index < -0.39 is 39.4 Å². The molecule has 1 amide bonds. The minimum absolute atomic E-state index is 0.0450. The predicted octanol–water partition coefficient (Wildman–Crippen LogP) is 4.11. The van der Waals surface area contributed by atoms with Crippen LogP contribution in [0.4, 0.5) is 5.69 Å². The number of hydrogen-bond donors (Lipinski definition) is 0. The van der Waals surface area contributed by atoms with Gasteiger partial charge >= 0.3 is 23.9 Å². The SMILES string of the molecule is CCOc1cccc2c1N(C(=O)c1cnccn1)C(C)(C)C1=C2C2(SC(C(=O)OC)=C(C(=O)OC)S2)C(C(=O)OC)=C(C(=O)OC)S1. The van der Waals surface area contributed by atoms with Crippen molar-refractivity contribution in [3.63, 3.8) is 0 Å². The minimum atomic E-state index is -1.72. The fourth-order valence-electron chi connectivity index (χ4n) is 5.47. The predicted molar refractivity (Wildman–Crippen MR) is 175 cm³/mol. The summed E-state index contributed by atoms with van der Waals surface area (Å²) in [7, 11) is 4.62. The van der Waals surface area contributed by atoms with Crippen LogP contribution in [0.3, 0.4) is 0 Å². The fourth-order valence-corrected chi connectivity index (χ4v) is 10.5. The third-order valence-corrected chi connectivity index (χ3v) is 12.1. The number of amides is 1. The summed E-state index contributed by atoms with van der Waals surface area (Å²) >= 11 is 2.61. The molecule has 0 N–H and O–H groups in total.